The first kappa shape index (κ1) is 10.7. The number of hydrogen-bond donors (Lipinski definition) is 1. The van der Waals surface area contributed by atoms with Crippen molar-refractivity contribution in [2.24, 2.45) is 5.73 Å². The van der Waals surface area contributed by atoms with Gasteiger partial charge >= 0.3 is 5.97 Å². The predicted octanol–water partition coefficient (Wildman–Crippen LogP) is 0.166. The van der Waals surface area contributed by atoms with E-state index in [9.17, 15) is 4.79 Å². The van der Waals surface area contributed by atoms with Gasteiger partial charge in [-0.25, -0.2) is 0 Å². The maximum absolute atomic E-state index is 11.3. The molecule has 0 amide bonds. The van der Waals surface area contributed by atoms with Crippen molar-refractivity contribution in [3.05, 3.63) is 0 Å². The first-order valence-electron chi connectivity index (χ1n) is 3.93. The Hall–Kier alpha value is -0.330. The molecule has 1 aliphatic heterocycles. The van der Waals surface area contributed by atoms with Gasteiger partial charge in [0.25, 0.3) is 0 Å². The van der Waals surface area contributed by atoms with Crippen molar-refractivity contribution in [1.82, 2.24) is 4.90 Å². The van der Waals surface area contributed by atoms with E-state index in [1.165, 1.54) is 11.8 Å². The van der Waals surface area contributed by atoms with Gasteiger partial charge in [0.1, 0.15) is 15.7 Å². The van der Waals surface area contributed by atoms with Gasteiger partial charge < -0.3 is 15.4 Å². The standard InChI is InChI=1S/C7H12N2O2S2/c1-3-11-6(10)4-5(8)9(2)7(12)13-4/h4-5H,3,8H2,1-2H3. The van der Waals surface area contributed by atoms with Crippen LogP contribution in [0.4, 0.5) is 0 Å². The van der Waals surface area contributed by atoms with Gasteiger partial charge in [-0.05, 0) is 6.92 Å². The van der Waals surface area contributed by atoms with Crippen LogP contribution in [-0.2, 0) is 9.53 Å². The van der Waals surface area contributed by atoms with Crippen LogP contribution in [0, 0.1) is 0 Å². The molecular formula is C7H12N2O2S2. The van der Waals surface area contributed by atoms with Gasteiger partial charge in [0.2, 0.25) is 0 Å². The van der Waals surface area contributed by atoms with Gasteiger partial charge in [-0.15, -0.1) is 0 Å². The van der Waals surface area contributed by atoms with Crippen molar-refractivity contribution in [3.8, 4) is 0 Å². The van der Waals surface area contributed by atoms with E-state index in [2.05, 4.69) is 0 Å². The molecule has 0 spiro atoms. The smallest absolute Gasteiger partial charge is 0.323 e. The number of thiocarbonyl (C=S) groups is 1. The Balaban J connectivity index is 2.62. The lowest BCUT2D eigenvalue weighted by Gasteiger charge is -2.18. The van der Waals surface area contributed by atoms with Crippen molar-refractivity contribution in [3.63, 3.8) is 0 Å². The second kappa shape index (κ2) is 4.26. The average molecular weight is 220 g/mol. The van der Waals surface area contributed by atoms with Gasteiger partial charge in [0.05, 0.1) is 6.61 Å². The summed E-state index contributed by atoms with van der Waals surface area (Å²) in [4.78, 5) is 13.0. The zero-order chi connectivity index (χ0) is 10.0. The molecule has 74 valence electrons. The number of ether oxygens (including phenoxy) is 1. The Morgan fingerprint density at radius 2 is 2.46 bits per heavy atom. The van der Waals surface area contributed by atoms with Crippen LogP contribution in [0.2, 0.25) is 0 Å². The summed E-state index contributed by atoms with van der Waals surface area (Å²) in [6.07, 6.45) is -0.364. The molecule has 2 N–H and O–H groups in total. The van der Waals surface area contributed by atoms with Crippen LogP contribution in [0.3, 0.4) is 0 Å². The quantitative estimate of drug-likeness (QED) is 0.529. The third kappa shape index (κ3) is 2.12. The minimum atomic E-state index is -0.377. The summed E-state index contributed by atoms with van der Waals surface area (Å²) in [6.45, 7) is 2.14. The highest BCUT2D eigenvalue weighted by molar-refractivity contribution is 8.24. The lowest BCUT2D eigenvalue weighted by molar-refractivity contribution is -0.143. The Morgan fingerprint density at radius 1 is 1.85 bits per heavy atom. The topological polar surface area (TPSA) is 55.6 Å². The van der Waals surface area contributed by atoms with Crippen LogP contribution in [-0.4, -0.2) is 40.3 Å². The largest absolute Gasteiger partial charge is 0.465 e. The number of carbonyl (C=O) groups is 1. The van der Waals surface area contributed by atoms with Gasteiger partial charge in [-0.3, -0.25) is 4.79 Å². The van der Waals surface area contributed by atoms with Crippen LogP contribution in [0.15, 0.2) is 0 Å². The number of carbonyl (C=O) groups excluding carboxylic acids is 1. The molecule has 0 aliphatic carbocycles. The first-order valence-corrected chi connectivity index (χ1v) is 5.22. The Morgan fingerprint density at radius 3 is 2.85 bits per heavy atom. The molecule has 1 saturated heterocycles. The van der Waals surface area contributed by atoms with Gasteiger partial charge in [0, 0.05) is 7.05 Å². The molecule has 1 aliphatic rings. The van der Waals surface area contributed by atoms with Crippen LogP contribution < -0.4 is 5.73 Å². The van der Waals surface area contributed by atoms with Crippen molar-refractivity contribution in [2.45, 2.75) is 18.3 Å². The van der Waals surface area contributed by atoms with Gasteiger partial charge in [-0.1, -0.05) is 24.0 Å². The molecule has 6 heteroatoms. The summed E-state index contributed by atoms with van der Waals surface area (Å²) in [7, 11) is 1.78. The van der Waals surface area contributed by atoms with Crippen molar-refractivity contribution in [1.29, 1.82) is 0 Å². The second-order valence-corrected chi connectivity index (χ2v) is 4.43. The molecule has 13 heavy (non-hydrogen) atoms. The number of esters is 1. The molecule has 1 fully saturated rings. The Labute approximate surface area is 86.8 Å². The van der Waals surface area contributed by atoms with Crippen molar-refractivity contribution >= 4 is 34.3 Å². The SMILES string of the molecule is CCOC(=O)C1SC(=S)N(C)C1N. The summed E-state index contributed by atoms with van der Waals surface area (Å²) >= 11 is 6.29. The molecule has 0 saturated carbocycles. The van der Waals surface area contributed by atoms with E-state index in [4.69, 9.17) is 22.7 Å². The Kier molecular flexibility index (Phi) is 3.52. The molecule has 0 bridgehead atoms. The second-order valence-electron chi connectivity index (χ2n) is 2.66. The lowest BCUT2D eigenvalue weighted by Crippen LogP contribution is -2.44. The van der Waals surface area contributed by atoms with Gasteiger partial charge in [0.15, 0.2) is 0 Å². The summed E-state index contributed by atoms with van der Waals surface area (Å²) in [5.41, 5.74) is 5.76. The summed E-state index contributed by atoms with van der Waals surface area (Å²) in [6, 6.07) is 0. The fraction of sp³-hybridized carbons (Fsp3) is 0.714. The predicted molar refractivity (Wildman–Crippen MR) is 56.3 cm³/mol. The molecule has 1 rings (SSSR count). The molecule has 0 aromatic rings. The minimum absolute atomic E-state index is 0.285. The zero-order valence-electron chi connectivity index (χ0n) is 7.52. The fourth-order valence-electron chi connectivity index (χ4n) is 0.998. The lowest BCUT2D eigenvalue weighted by atomic mass is 10.3. The van der Waals surface area contributed by atoms with Crippen molar-refractivity contribution in [2.75, 3.05) is 13.7 Å². The highest BCUT2D eigenvalue weighted by Crippen LogP contribution is 2.28. The molecular weight excluding hydrogens is 208 g/mol. The monoisotopic (exact) mass is 220 g/mol. The summed E-state index contributed by atoms with van der Waals surface area (Å²) in [5.74, 6) is -0.285. The summed E-state index contributed by atoms with van der Waals surface area (Å²) < 4.78 is 5.51. The van der Waals surface area contributed by atoms with E-state index < -0.39 is 0 Å². The third-order valence-corrected chi connectivity index (χ3v) is 3.58. The number of hydrogen-bond acceptors (Lipinski definition) is 5. The number of rotatable bonds is 2. The number of thioether (sulfide) groups is 1. The van der Waals surface area contributed by atoms with Crippen LogP contribution in [0.5, 0.6) is 0 Å². The van der Waals surface area contributed by atoms with Crippen LogP contribution in [0.25, 0.3) is 0 Å². The Bertz CT molecular complexity index is 235. The zero-order valence-corrected chi connectivity index (χ0v) is 9.15. The number of nitrogens with zero attached hydrogens (tertiary/aromatic N) is 1. The summed E-state index contributed by atoms with van der Waals surface area (Å²) in [5, 5.41) is -0.377. The van der Waals surface area contributed by atoms with Crippen molar-refractivity contribution < 1.29 is 9.53 Å². The molecule has 1 heterocycles. The minimum Gasteiger partial charge on any atom is -0.465 e. The van der Waals surface area contributed by atoms with E-state index in [1.54, 1.807) is 18.9 Å². The van der Waals surface area contributed by atoms with E-state index in [0.717, 1.165) is 0 Å². The average Bonchev–Trinajstić information content (AvgIpc) is 2.33. The molecule has 0 aromatic carbocycles. The highest BCUT2D eigenvalue weighted by Gasteiger charge is 2.39. The molecule has 2 unspecified atom stereocenters. The number of nitrogens with two attached hydrogens (primary N) is 1. The van der Waals surface area contributed by atoms with E-state index in [0.29, 0.717) is 10.9 Å². The molecule has 4 nitrogen and oxygen atoms in total. The third-order valence-electron chi connectivity index (χ3n) is 1.79. The van der Waals surface area contributed by atoms with Crippen LogP contribution in [0.1, 0.15) is 6.92 Å². The first-order chi connectivity index (χ1) is 6.07. The normalized spacial score (nSPS) is 27.9. The maximum Gasteiger partial charge on any atom is 0.323 e. The van der Waals surface area contributed by atoms with E-state index >= 15 is 0 Å². The van der Waals surface area contributed by atoms with Gasteiger partial charge in [-0.2, -0.15) is 0 Å². The molecule has 2 atom stereocenters. The van der Waals surface area contributed by atoms with E-state index in [-0.39, 0.29) is 17.4 Å². The molecule has 0 radical (unpaired) electrons. The highest BCUT2D eigenvalue weighted by atomic mass is 32.2. The van der Waals surface area contributed by atoms with Crippen LogP contribution >= 0.6 is 24.0 Å². The molecule has 0 aromatic heterocycles. The maximum atomic E-state index is 11.3. The fourth-order valence-corrected chi connectivity index (χ4v) is 2.42. The van der Waals surface area contributed by atoms with E-state index in [1.807, 2.05) is 0 Å².